The first kappa shape index (κ1) is 17.1. The second-order valence-electron chi connectivity index (χ2n) is 6.15. The first-order valence-corrected chi connectivity index (χ1v) is 8.76. The first-order chi connectivity index (χ1) is 11.5. The molecule has 1 aromatic heterocycles. The second-order valence-corrected chi connectivity index (χ2v) is 6.94. The fourth-order valence-corrected chi connectivity index (χ4v) is 3.27. The molecule has 4 nitrogen and oxygen atoms in total. The zero-order chi connectivity index (χ0) is 17.1. The van der Waals surface area contributed by atoms with Crippen molar-refractivity contribution >= 4 is 40.6 Å². The van der Waals surface area contributed by atoms with Crippen LogP contribution in [0.1, 0.15) is 30.1 Å². The minimum atomic E-state index is -0.229. The molecule has 6 heteroatoms. The Hall–Kier alpha value is -1.78. The molecule has 1 fully saturated rings. The van der Waals surface area contributed by atoms with E-state index in [1.54, 1.807) is 30.5 Å². The van der Waals surface area contributed by atoms with Crippen molar-refractivity contribution in [3.8, 4) is 0 Å². The summed E-state index contributed by atoms with van der Waals surface area (Å²) >= 11 is 12.1. The standard InChI is InChI=1S/C18H19Cl2N3O/c1-12-4-3-9-23(11-12)16-10-13(7-8-21-16)18(24)22-15-6-2-5-14(19)17(15)20/h2,5-8,10,12H,3-4,9,11H2,1H3,(H,22,24). The highest BCUT2D eigenvalue weighted by Crippen LogP contribution is 2.30. The van der Waals surface area contributed by atoms with Crippen LogP contribution in [0.4, 0.5) is 11.5 Å². The minimum Gasteiger partial charge on any atom is -0.356 e. The maximum absolute atomic E-state index is 12.5. The Labute approximate surface area is 151 Å². The second kappa shape index (κ2) is 7.41. The van der Waals surface area contributed by atoms with Crippen molar-refractivity contribution in [1.82, 2.24) is 4.98 Å². The normalized spacial score (nSPS) is 17.6. The number of nitrogens with zero attached hydrogens (tertiary/aromatic N) is 2. The topological polar surface area (TPSA) is 45.2 Å². The molecule has 1 aliphatic rings. The van der Waals surface area contributed by atoms with Gasteiger partial charge in [-0.05, 0) is 43.0 Å². The number of aromatic nitrogens is 1. The van der Waals surface area contributed by atoms with E-state index in [2.05, 4.69) is 22.1 Å². The van der Waals surface area contributed by atoms with Crippen molar-refractivity contribution in [2.75, 3.05) is 23.3 Å². The van der Waals surface area contributed by atoms with Gasteiger partial charge in [-0.3, -0.25) is 4.79 Å². The Bertz CT molecular complexity index is 751. The maximum Gasteiger partial charge on any atom is 0.255 e. The quantitative estimate of drug-likeness (QED) is 0.845. The summed E-state index contributed by atoms with van der Waals surface area (Å²) in [4.78, 5) is 19.2. The predicted octanol–water partition coefficient (Wildman–Crippen LogP) is 4.88. The van der Waals surface area contributed by atoms with Gasteiger partial charge in [0.15, 0.2) is 0 Å². The molecule has 0 aliphatic carbocycles. The summed E-state index contributed by atoms with van der Waals surface area (Å²) in [5.74, 6) is 1.25. The van der Waals surface area contributed by atoms with E-state index in [9.17, 15) is 4.79 Å². The van der Waals surface area contributed by atoms with E-state index >= 15 is 0 Å². The molecule has 0 saturated carbocycles. The molecular weight excluding hydrogens is 345 g/mol. The highest BCUT2D eigenvalue weighted by Gasteiger charge is 2.19. The highest BCUT2D eigenvalue weighted by atomic mass is 35.5. The van der Waals surface area contributed by atoms with Crippen LogP contribution in [0.2, 0.25) is 10.0 Å². The number of benzene rings is 1. The smallest absolute Gasteiger partial charge is 0.255 e. The van der Waals surface area contributed by atoms with Crippen molar-refractivity contribution in [1.29, 1.82) is 0 Å². The third-order valence-electron chi connectivity index (χ3n) is 4.19. The van der Waals surface area contributed by atoms with Crippen LogP contribution in [0.15, 0.2) is 36.5 Å². The number of nitrogens with one attached hydrogen (secondary N) is 1. The van der Waals surface area contributed by atoms with Crippen LogP contribution >= 0.6 is 23.2 Å². The average molecular weight is 364 g/mol. The summed E-state index contributed by atoms with van der Waals surface area (Å²) in [6.07, 6.45) is 4.06. The van der Waals surface area contributed by atoms with E-state index in [0.29, 0.717) is 27.2 Å². The SMILES string of the molecule is CC1CCCN(c2cc(C(=O)Nc3cccc(Cl)c3Cl)ccn2)C1. The molecule has 0 spiro atoms. The van der Waals surface area contributed by atoms with E-state index in [1.807, 2.05) is 6.07 Å². The summed E-state index contributed by atoms with van der Waals surface area (Å²) in [5.41, 5.74) is 1.05. The van der Waals surface area contributed by atoms with Crippen LogP contribution in [-0.4, -0.2) is 24.0 Å². The lowest BCUT2D eigenvalue weighted by Crippen LogP contribution is -2.34. The Morgan fingerprint density at radius 2 is 2.17 bits per heavy atom. The van der Waals surface area contributed by atoms with Crippen LogP contribution < -0.4 is 10.2 Å². The number of pyridine rings is 1. The minimum absolute atomic E-state index is 0.229. The van der Waals surface area contributed by atoms with Crippen molar-refractivity contribution < 1.29 is 4.79 Å². The largest absolute Gasteiger partial charge is 0.356 e. The van der Waals surface area contributed by atoms with Crippen LogP contribution in [0, 0.1) is 5.92 Å². The molecule has 1 aliphatic heterocycles. The van der Waals surface area contributed by atoms with Crippen molar-refractivity contribution in [3.05, 3.63) is 52.1 Å². The fourth-order valence-electron chi connectivity index (χ4n) is 2.92. The van der Waals surface area contributed by atoms with Crippen LogP contribution in [0.25, 0.3) is 0 Å². The van der Waals surface area contributed by atoms with Gasteiger partial charge in [0, 0.05) is 24.8 Å². The number of rotatable bonds is 3. The maximum atomic E-state index is 12.5. The van der Waals surface area contributed by atoms with Gasteiger partial charge in [-0.1, -0.05) is 36.2 Å². The van der Waals surface area contributed by atoms with E-state index in [0.717, 1.165) is 25.3 Å². The average Bonchev–Trinajstić information content (AvgIpc) is 2.59. The number of halogens is 2. The van der Waals surface area contributed by atoms with Crippen molar-refractivity contribution in [2.24, 2.45) is 5.92 Å². The molecule has 1 atom stereocenters. The molecule has 3 rings (SSSR count). The number of piperidine rings is 1. The molecule has 1 N–H and O–H groups in total. The monoisotopic (exact) mass is 363 g/mol. The number of carbonyl (C=O) groups is 1. The molecule has 1 saturated heterocycles. The molecule has 2 heterocycles. The number of hydrogen-bond acceptors (Lipinski definition) is 3. The fraction of sp³-hybridized carbons (Fsp3) is 0.333. The molecule has 24 heavy (non-hydrogen) atoms. The Kier molecular flexibility index (Phi) is 5.27. The van der Waals surface area contributed by atoms with Crippen LogP contribution in [0.5, 0.6) is 0 Å². The number of amides is 1. The Balaban J connectivity index is 1.78. The molecule has 1 unspecified atom stereocenters. The number of carbonyl (C=O) groups excluding carboxylic acids is 1. The third kappa shape index (κ3) is 3.82. The molecule has 0 radical (unpaired) electrons. The lowest BCUT2D eigenvalue weighted by atomic mass is 10.0. The predicted molar refractivity (Wildman–Crippen MR) is 99.3 cm³/mol. The Morgan fingerprint density at radius 1 is 1.33 bits per heavy atom. The van der Waals surface area contributed by atoms with E-state index < -0.39 is 0 Å². The van der Waals surface area contributed by atoms with Gasteiger partial charge in [0.05, 0.1) is 15.7 Å². The summed E-state index contributed by atoms with van der Waals surface area (Å²) < 4.78 is 0. The molecular formula is C18H19Cl2N3O. The highest BCUT2D eigenvalue weighted by molar-refractivity contribution is 6.44. The van der Waals surface area contributed by atoms with E-state index in [-0.39, 0.29) is 5.91 Å². The molecule has 126 valence electrons. The zero-order valence-electron chi connectivity index (χ0n) is 13.4. The van der Waals surface area contributed by atoms with E-state index in [4.69, 9.17) is 23.2 Å². The van der Waals surface area contributed by atoms with Gasteiger partial charge in [0.25, 0.3) is 5.91 Å². The van der Waals surface area contributed by atoms with E-state index in [1.165, 1.54) is 6.42 Å². The molecule has 2 aromatic rings. The lowest BCUT2D eigenvalue weighted by molar-refractivity contribution is 0.102. The third-order valence-corrected chi connectivity index (χ3v) is 5.01. The molecule has 1 amide bonds. The first-order valence-electron chi connectivity index (χ1n) is 8.01. The molecule has 1 aromatic carbocycles. The summed E-state index contributed by atoms with van der Waals surface area (Å²) in [6.45, 7) is 4.19. The van der Waals surface area contributed by atoms with Gasteiger partial charge in [0.1, 0.15) is 5.82 Å². The van der Waals surface area contributed by atoms with Crippen LogP contribution in [-0.2, 0) is 0 Å². The van der Waals surface area contributed by atoms with Gasteiger partial charge in [-0.25, -0.2) is 4.98 Å². The van der Waals surface area contributed by atoms with Crippen molar-refractivity contribution in [3.63, 3.8) is 0 Å². The van der Waals surface area contributed by atoms with Gasteiger partial charge in [-0.2, -0.15) is 0 Å². The van der Waals surface area contributed by atoms with Crippen molar-refractivity contribution in [2.45, 2.75) is 19.8 Å². The zero-order valence-corrected chi connectivity index (χ0v) is 14.9. The van der Waals surface area contributed by atoms with Gasteiger partial charge >= 0.3 is 0 Å². The lowest BCUT2D eigenvalue weighted by Gasteiger charge is -2.31. The summed E-state index contributed by atoms with van der Waals surface area (Å²) in [6, 6.07) is 8.68. The van der Waals surface area contributed by atoms with Crippen LogP contribution in [0.3, 0.4) is 0 Å². The number of hydrogen-bond donors (Lipinski definition) is 1. The van der Waals surface area contributed by atoms with Gasteiger partial charge < -0.3 is 10.2 Å². The summed E-state index contributed by atoms with van der Waals surface area (Å²) in [5, 5.41) is 3.55. The van der Waals surface area contributed by atoms with Gasteiger partial charge in [-0.15, -0.1) is 0 Å². The van der Waals surface area contributed by atoms with Gasteiger partial charge in [0.2, 0.25) is 0 Å². The summed E-state index contributed by atoms with van der Waals surface area (Å²) in [7, 11) is 0. The number of anilines is 2. The molecule has 0 bridgehead atoms. The Morgan fingerprint density at radius 3 is 2.96 bits per heavy atom.